The van der Waals surface area contributed by atoms with Crippen molar-refractivity contribution in [1.82, 2.24) is 0 Å². The summed E-state index contributed by atoms with van der Waals surface area (Å²) >= 11 is 3.46. The molecule has 112 valence electrons. The van der Waals surface area contributed by atoms with Crippen LogP contribution in [-0.2, 0) is 10.2 Å². The van der Waals surface area contributed by atoms with E-state index in [2.05, 4.69) is 15.9 Å². The van der Waals surface area contributed by atoms with Gasteiger partial charge in [-0.3, -0.25) is 4.79 Å². The zero-order chi connectivity index (χ0) is 15.5. The molecule has 0 radical (unpaired) electrons. The van der Waals surface area contributed by atoms with Crippen molar-refractivity contribution in [2.24, 2.45) is 0 Å². The smallest absolute Gasteiger partial charge is 0.304 e. The summed E-state index contributed by atoms with van der Waals surface area (Å²) in [4.78, 5) is 11.1. The van der Waals surface area contributed by atoms with Gasteiger partial charge < -0.3 is 19.3 Å². The number of methoxy groups -OCH3 is 3. The third kappa shape index (κ3) is 3.17. The molecule has 0 aliphatic rings. The minimum atomic E-state index is -0.876. The molecule has 0 amide bonds. The average molecular weight is 347 g/mol. The molecule has 0 aliphatic carbocycles. The van der Waals surface area contributed by atoms with Crippen LogP contribution in [0.4, 0.5) is 0 Å². The summed E-state index contributed by atoms with van der Waals surface area (Å²) in [5.41, 5.74) is 0.107. The van der Waals surface area contributed by atoms with Gasteiger partial charge >= 0.3 is 5.97 Å². The van der Waals surface area contributed by atoms with Crippen LogP contribution >= 0.6 is 15.9 Å². The van der Waals surface area contributed by atoms with Crippen molar-refractivity contribution >= 4 is 21.9 Å². The maximum Gasteiger partial charge on any atom is 0.304 e. The summed E-state index contributed by atoms with van der Waals surface area (Å²) in [6.45, 7) is 3.69. The highest BCUT2D eigenvalue weighted by Crippen LogP contribution is 2.49. The first-order valence-electron chi connectivity index (χ1n) is 5.99. The Labute approximate surface area is 127 Å². The first-order chi connectivity index (χ1) is 9.28. The maximum atomic E-state index is 11.1. The van der Waals surface area contributed by atoms with Gasteiger partial charge in [0, 0.05) is 15.5 Å². The Kier molecular flexibility index (Phi) is 5.28. The quantitative estimate of drug-likeness (QED) is 0.856. The van der Waals surface area contributed by atoms with E-state index in [-0.39, 0.29) is 6.42 Å². The fourth-order valence-electron chi connectivity index (χ4n) is 2.22. The number of halogens is 1. The third-order valence-corrected chi connectivity index (χ3v) is 3.68. The zero-order valence-corrected chi connectivity index (χ0v) is 13.8. The van der Waals surface area contributed by atoms with Gasteiger partial charge in [0.15, 0.2) is 11.5 Å². The molecule has 20 heavy (non-hydrogen) atoms. The first kappa shape index (κ1) is 16.6. The number of ether oxygens (including phenoxy) is 3. The first-order valence-corrected chi connectivity index (χ1v) is 6.78. The number of aliphatic carboxylic acids is 1. The summed E-state index contributed by atoms with van der Waals surface area (Å²) in [5, 5.41) is 9.08. The van der Waals surface area contributed by atoms with E-state index in [9.17, 15) is 4.79 Å². The molecule has 0 saturated heterocycles. The van der Waals surface area contributed by atoms with Crippen LogP contribution in [0.25, 0.3) is 0 Å². The van der Waals surface area contributed by atoms with Crippen molar-refractivity contribution in [3.8, 4) is 17.2 Å². The van der Waals surface area contributed by atoms with Crippen LogP contribution in [0, 0.1) is 0 Å². The van der Waals surface area contributed by atoms with Crippen LogP contribution in [0.3, 0.4) is 0 Å². The van der Waals surface area contributed by atoms with Crippen LogP contribution in [-0.4, -0.2) is 32.4 Å². The molecule has 0 unspecified atom stereocenters. The number of carboxylic acid groups (broad SMARTS) is 1. The molecule has 0 fully saturated rings. The summed E-state index contributed by atoms with van der Waals surface area (Å²) < 4.78 is 16.7. The van der Waals surface area contributed by atoms with Gasteiger partial charge in [0.05, 0.1) is 27.8 Å². The summed E-state index contributed by atoms with van der Waals surface area (Å²) in [5.74, 6) is 0.571. The predicted octanol–water partition coefficient (Wildman–Crippen LogP) is 3.23. The number of rotatable bonds is 6. The van der Waals surface area contributed by atoms with Crippen molar-refractivity contribution < 1.29 is 24.1 Å². The molecule has 6 heteroatoms. The maximum absolute atomic E-state index is 11.1. The monoisotopic (exact) mass is 346 g/mol. The van der Waals surface area contributed by atoms with Crippen LogP contribution in [0.2, 0.25) is 0 Å². The van der Waals surface area contributed by atoms with E-state index in [0.717, 1.165) is 10.0 Å². The zero-order valence-electron chi connectivity index (χ0n) is 12.2. The number of benzene rings is 1. The third-order valence-electron chi connectivity index (χ3n) is 3.05. The second kappa shape index (κ2) is 6.35. The Bertz CT molecular complexity index is 511. The van der Waals surface area contributed by atoms with Crippen molar-refractivity contribution in [2.75, 3.05) is 21.3 Å². The van der Waals surface area contributed by atoms with E-state index in [1.807, 2.05) is 13.8 Å². The van der Waals surface area contributed by atoms with Crippen molar-refractivity contribution in [2.45, 2.75) is 25.7 Å². The molecule has 1 rings (SSSR count). The Morgan fingerprint density at radius 3 is 2.15 bits per heavy atom. The minimum Gasteiger partial charge on any atom is -0.493 e. The van der Waals surface area contributed by atoms with Gasteiger partial charge in [-0.1, -0.05) is 29.8 Å². The molecule has 0 spiro atoms. The van der Waals surface area contributed by atoms with Crippen LogP contribution in [0.15, 0.2) is 10.5 Å². The van der Waals surface area contributed by atoms with E-state index in [4.69, 9.17) is 19.3 Å². The predicted molar refractivity (Wildman–Crippen MR) is 79.1 cm³/mol. The van der Waals surface area contributed by atoms with Crippen LogP contribution in [0.1, 0.15) is 25.8 Å². The Balaban J connectivity index is 3.57. The second-order valence-electron chi connectivity index (χ2n) is 4.96. The molecule has 5 nitrogen and oxygen atoms in total. The Hall–Kier alpha value is -1.43. The van der Waals surface area contributed by atoms with E-state index in [1.165, 1.54) is 21.3 Å². The van der Waals surface area contributed by atoms with Gasteiger partial charge in [-0.15, -0.1) is 0 Å². The Morgan fingerprint density at radius 2 is 1.75 bits per heavy atom. The molecular weight excluding hydrogens is 328 g/mol. The van der Waals surface area contributed by atoms with Gasteiger partial charge in [0.2, 0.25) is 5.75 Å². The normalized spacial score (nSPS) is 11.1. The molecule has 0 bridgehead atoms. The topological polar surface area (TPSA) is 65.0 Å². The fraction of sp³-hybridized carbons (Fsp3) is 0.500. The Morgan fingerprint density at radius 1 is 1.20 bits per heavy atom. The highest BCUT2D eigenvalue weighted by atomic mass is 79.9. The fourth-order valence-corrected chi connectivity index (χ4v) is 3.15. The van der Waals surface area contributed by atoms with Gasteiger partial charge in [0.25, 0.3) is 0 Å². The number of hydrogen-bond donors (Lipinski definition) is 1. The molecule has 0 atom stereocenters. The van der Waals surface area contributed by atoms with E-state index in [0.29, 0.717) is 17.2 Å². The van der Waals surface area contributed by atoms with E-state index in [1.54, 1.807) is 6.07 Å². The highest BCUT2D eigenvalue weighted by Gasteiger charge is 2.33. The molecule has 0 heterocycles. The summed E-state index contributed by atoms with van der Waals surface area (Å²) in [6, 6.07) is 1.75. The van der Waals surface area contributed by atoms with Gasteiger partial charge in [-0.05, 0) is 6.07 Å². The van der Waals surface area contributed by atoms with Crippen molar-refractivity contribution in [3.63, 3.8) is 0 Å². The van der Waals surface area contributed by atoms with Crippen LogP contribution < -0.4 is 14.2 Å². The van der Waals surface area contributed by atoms with Crippen LogP contribution in [0.5, 0.6) is 17.2 Å². The average Bonchev–Trinajstić information content (AvgIpc) is 2.34. The molecule has 1 N–H and O–H groups in total. The van der Waals surface area contributed by atoms with Crippen molar-refractivity contribution in [3.05, 3.63) is 16.1 Å². The lowest BCUT2D eigenvalue weighted by atomic mass is 9.80. The second-order valence-corrected chi connectivity index (χ2v) is 5.81. The largest absolute Gasteiger partial charge is 0.493 e. The molecular formula is C14H19BrO5. The number of carbonyl (C=O) groups is 1. The number of hydrogen-bond acceptors (Lipinski definition) is 4. The molecule has 1 aromatic rings. The standard InChI is InChI=1S/C14H19BrO5/c1-14(2,7-10(16)17)11-8(15)6-9(18-3)12(19-4)13(11)20-5/h6H,7H2,1-5H3,(H,16,17). The summed E-state index contributed by atoms with van der Waals surface area (Å²) in [7, 11) is 4.57. The number of carboxylic acids is 1. The highest BCUT2D eigenvalue weighted by molar-refractivity contribution is 9.10. The van der Waals surface area contributed by atoms with Gasteiger partial charge in [-0.2, -0.15) is 0 Å². The van der Waals surface area contributed by atoms with E-state index >= 15 is 0 Å². The lowest BCUT2D eigenvalue weighted by molar-refractivity contribution is -0.138. The molecule has 0 aromatic heterocycles. The summed E-state index contributed by atoms with van der Waals surface area (Å²) in [6.07, 6.45) is -0.0303. The van der Waals surface area contributed by atoms with Crippen molar-refractivity contribution in [1.29, 1.82) is 0 Å². The lowest BCUT2D eigenvalue weighted by Gasteiger charge is -2.28. The van der Waals surface area contributed by atoms with Gasteiger partial charge in [-0.25, -0.2) is 0 Å². The van der Waals surface area contributed by atoms with Gasteiger partial charge in [0.1, 0.15) is 0 Å². The lowest BCUT2D eigenvalue weighted by Crippen LogP contribution is -2.23. The molecule has 0 saturated carbocycles. The molecule has 0 aliphatic heterocycles. The SMILES string of the molecule is COc1cc(Br)c(C(C)(C)CC(=O)O)c(OC)c1OC. The minimum absolute atomic E-state index is 0.0303. The van der Waals surface area contributed by atoms with E-state index < -0.39 is 11.4 Å². The molecule has 1 aromatic carbocycles.